The van der Waals surface area contributed by atoms with Crippen LogP contribution in [0.25, 0.3) is 11.0 Å². The lowest BCUT2D eigenvalue weighted by molar-refractivity contribution is 0.192. The first-order valence-corrected chi connectivity index (χ1v) is 8.16. The van der Waals surface area contributed by atoms with Crippen molar-refractivity contribution >= 4 is 16.9 Å². The lowest BCUT2D eigenvalue weighted by atomic mass is 10.1. The standard InChI is InChI=1S/C18H27N3O2/c1-14-15-9-5-6-10-16(15)23-17(14)13-21-18(19-2)20-11-7-4-8-12-22-3/h5-6,9-10H,4,7-8,11-13H2,1-3H3,(H2,19,20,21). The van der Waals surface area contributed by atoms with Crippen LogP contribution in [0.1, 0.15) is 30.6 Å². The molecule has 0 aliphatic rings. The number of benzene rings is 1. The minimum atomic E-state index is 0.629. The van der Waals surface area contributed by atoms with Crippen molar-refractivity contribution in [3.63, 3.8) is 0 Å². The second-order valence-electron chi connectivity index (χ2n) is 5.55. The van der Waals surface area contributed by atoms with Gasteiger partial charge in [0.2, 0.25) is 0 Å². The second-order valence-corrected chi connectivity index (χ2v) is 5.55. The van der Waals surface area contributed by atoms with E-state index in [2.05, 4.69) is 28.6 Å². The highest BCUT2D eigenvalue weighted by atomic mass is 16.5. The average Bonchev–Trinajstić information content (AvgIpc) is 2.90. The molecule has 2 N–H and O–H groups in total. The van der Waals surface area contributed by atoms with Gasteiger partial charge in [0.25, 0.3) is 0 Å². The number of rotatable bonds is 8. The molecule has 0 saturated heterocycles. The van der Waals surface area contributed by atoms with Crippen molar-refractivity contribution in [3.8, 4) is 0 Å². The molecule has 5 nitrogen and oxygen atoms in total. The van der Waals surface area contributed by atoms with Crippen molar-refractivity contribution in [2.45, 2.75) is 32.7 Å². The van der Waals surface area contributed by atoms with Gasteiger partial charge in [0, 0.05) is 38.3 Å². The number of ether oxygens (including phenoxy) is 1. The van der Waals surface area contributed by atoms with E-state index in [1.807, 2.05) is 18.2 Å². The van der Waals surface area contributed by atoms with Gasteiger partial charge in [-0.05, 0) is 32.3 Å². The Morgan fingerprint density at radius 1 is 1.17 bits per heavy atom. The second kappa shape index (κ2) is 9.20. The average molecular weight is 317 g/mol. The Balaban J connectivity index is 1.79. The molecule has 5 heteroatoms. The van der Waals surface area contributed by atoms with E-state index >= 15 is 0 Å². The van der Waals surface area contributed by atoms with Crippen LogP contribution in [0.15, 0.2) is 33.7 Å². The van der Waals surface area contributed by atoms with E-state index in [1.54, 1.807) is 14.2 Å². The van der Waals surface area contributed by atoms with Crippen LogP contribution in [-0.2, 0) is 11.3 Å². The minimum Gasteiger partial charge on any atom is -0.459 e. The van der Waals surface area contributed by atoms with Gasteiger partial charge in [-0.3, -0.25) is 4.99 Å². The molecule has 0 amide bonds. The summed E-state index contributed by atoms with van der Waals surface area (Å²) in [5.74, 6) is 1.76. The Morgan fingerprint density at radius 2 is 2.00 bits per heavy atom. The Bertz CT molecular complexity index is 634. The highest BCUT2D eigenvalue weighted by Gasteiger charge is 2.10. The zero-order valence-electron chi connectivity index (χ0n) is 14.3. The Hall–Kier alpha value is -2.01. The normalized spacial score (nSPS) is 11.9. The largest absolute Gasteiger partial charge is 0.459 e. The summed E-state index contributed by atoms with van der Waals surface area (Å²) in [5, 5.41) is 7.81. The maximum atomic E-state index is 5.90. The summed E-state index contributed by atoms with van der Waals surface area (Å²) in [5.41, 5.74) is 2.12. The van der Waals surface area contributed by atoms with Crippen molar-refractivity contribution in [1.82, 2.24) is 10.6 Å². The number of nitrogens with zero attached hydrogens (tertiary/aromatic N) is 1. The molecular weight excluding hydrogens is 290 g/mol. The fourth-order valence-corrected chi connectivity index (χ4v) is 2.53. The molecule has 0 unspecified atom stereocenters. The summed E-state index contributed by atoms with van der Waals surface area (Å²) in [4.78, 5) is 4.25. The maximum absolute atomic E-state index is 5.90. The van der Waals surface area contributed by atoms with Crippen LogP contribution in [0.2, 0.25) is 0 Å². The molecule has 0 bridgehead atoms. The molecule has 2 rings (SSSR count). The molecule has 0 aliphatic carbocycles. The van der Waals surface area contributed by atoms with E-state index in [0.29, 0.717) is 6.54 Å². The highest BCUT2D eigenvalue weighted by Crippen LogP contribution is 2.24. The summed E-state index contributed by atoms with van der Waals surface area (Å²) in [6, 6.07) is 8.11. The molecular formula is C18H27N3O2. The number of aryl methyl sites for hydroxylation is 1. The van der Waals surface area contributed by atoms with Gasteiger partial charge in [0.05, 0.1) is 6.54 Å². The number of aliphatic imine (C=N–C) groups is 1. The van der Waals surface area contributed by atoms with E-state index in [0.717, 1.165) is 49.7 Å². The molecule has 23 heavy (non-hydrogen) atoms. The first kappa shape index (κ1) is 17.3. The van der Waals surface area contributed by atoms with Crippen LogP contribution in [0.4, 0.5) is 0 Å². The van der Waals surface area contributed by atoms with Gasteiger partial charge in [-0.1, -0.05) is 18.2 Å². The van der Waals surface area contributed by atoms with Gasteiger partial charge in [-0.2, -0.15) is 0 Å². The van der Waals surface area contributed by atoms with E-state index in [4.69, 9.17) is 9.15 Å². The molecule has 1 aromatic carbocycles. The number of guanidine groups is 1. The van der Waals surface area contributed by atoms with Crippen LogP contribution in [0.5, 0.6) is 0 Å². The van der Waals surface area contributed by atoms with Crippen molar-refractivity contribution in [2.24, 2.45) is 4.99 Å². The first-order valence-electron chi connectivity index (χ1n) is 8.16. The summed E-state index contributed by atoms with van der Waals surface area (Å²) >= 11 is 0. The van der Waals surface area contributed by atoms with Crippen LogP contribution in [0.3, 0.4) is 0 Å². The molecule has 1 aromatic heterocycles. The fraction of sp³-hybridized carbons (Fsp3) is 0.500. The molecule has 0 atom stereocenters. The molecule has 1 heterocycles. The number of furan rings is 1. The summed E-state index contributed by atoms with van der Waals surface area (Å²) in [6.45, 7) is 4.46. The predicted octanol–water partition coefficient (Wildman–Crippen LogP) is 3.22. The monoisotopic (exact) mass is 317 g/mol. The Labute approximate surface area is 138 Å². The third kappa shape index (κ3) is 4.99. The van der Waals surface area contributed by atoms with Gasteiger partial charge in [-0.25, -0.2) is 0 Å². The highest BCUT2D eigenvalue weighted by molar-refractivity contribution is 5.82. The SMILES string of the molecule is CN=C(NCCCCCOC)NCc1oc2ccccc2c1C. The lowest BCUT2D eigenvalue weighted by Crippen LogP contribution is -2.37. The molecule has 0 saturated carbocycles. The fourth-order valence-electron chi connectivity index (χ4n) is 2.53. The molecule has 0 radical (unpaired) electrons. The van der Waals surface area contributed by atoms with E-state index in [-0.39, 0.29) is 0 Å². The third-order valence-electron chi connectivity index (χ3n) is 3.90. The zero-order valence-corrected chi connectivity index (χ0v) is 14.3. The van der Waals surface area contributed by atoms with Crippen LogP contribution in [-0.4, -0.2) is 33.3 Å². The molecule has 0 spiro atoms. The number of methoxy groups -OCH3 is 1. The van der Waals surface area contributed by atoms with Gasteiger partial charge in [0.1, 0.15) is 11.3 Å². The van der Waals surface area contributed by atoms with Crippen LogP contribution in [0, 0.1) is 6.92 Å². The maximum Gasteiger partial charge on any atom is 0.191 e. The van der Waals surface area contributed by atoms with Gasteiger partial charge in [0.15, 0.2) is 5.96 Å². The number of fused-ring (bicyclic) bond motifs is 1. The number of nitrogens with one attached hydrogen (secondary N) is 2. The minimum absolute atomic E-state index is 0.629. The third-order valence-corrected chi connectivity index (χ3v) is 3.90. The van der Waals surface area contributed by atoms with Gasteiger partial charge in [-0.15, -0.1) is 0 Å². The van der Waals surface area contributed by atoms with Gasteiger partial charge < -0.3 is 19.8 Å². The van der Waals surface area contributed by atoms with E-state index < -0.39 is 0 Å². The van der Waals surface area contributed by atoms with Crippen molar-refractivity contribution in [2.75, 3.05) is 27.3 Å². The number of hydrogen-bond acceptors (Lipinski definition) is 3. The number of unbranched alkanes of at least 4 members (excludes halogenated alkanes) is 2. The quantitative estimate of drug-likeness (QED) is 0.446. The van der Waals surface area contributed by atoms with E-state index in [9.17, 15) is 0 Å². The number of hydrogen-bond donors (Lipinski definition) is 2. The van der Waals surface area contributed by atoms with Crippen LogP contribution < -0.4 is 10.6 Å². The zero-order chi connectivity index (χ0) is 16.5. The molecule has 126 valence electrons. The molecule has 0 fully saturated rings. The summed E-state index contributed by atoms with van der Waals surface area (Å²) in [6.07, 6.45) is 3.36. The van der Waals surface area contributed by atoms with Crippen molar-refractivity contribution < 1.29 is 9.15 Å². The Kier molecular flexibility index (Phi) is 6.94. The van der Waals surface area contributed by atoms with E-state index in [1.165, 1.54) is 10.9 Å². The smallest absolute Gasteiger partial charge is 0.191 e. The number of para-hydroxylation sites is 1. The molecule has 0 aliphatic heterocycles. The van der Waals surface area contributed by atoms with Crippen LogP contribution >= 0.6 is 0 Å². The first-order chi connectivity index (χ1) is 11.3. The van der Waals surface area contributed by atoms with Crippen molar-refractivity contribution in [1.29, 1.82) is 0 Å². The Morgan fingerprint density at radius 3 is 2.74 bits per heavy atom. The van der Waals surface area contributed by atoms with Crippen molar-refractivity contribution in [3.05, 3.63) is 35.6 Å². The molecule has 2 aromatic rings. The topological polar surface area (TPSA) is 58.8 Å². The predicted molar refractivity (Wildman–Crippen MR) is 94.9 cm³/mol. The summed E-state index contributed by atoms with van der Waals surface area (Å²) in [7, 11) is 3.52. The lowest BCUT2D eigenvalue weighted by Gasteiger charge is -2.11. The summed E-state index contributed by atoms with van der Waals surface area (Å²) < 4.78 is 11.0. The van der Waals surface area contributed by atoms with Gasteiger partial charge >= 0.3 is 0 Å².